The molecule has 6 N–H and O–H groups in total. The maximum Gasteiger partial charge on any atom is 0.322 e. The normalized spacial score (nSPS) is 16.3. The fourth-order valence-corrected chi connectivity index (χ4v) is 3.34. The molecule has 152 valence electrons. The summed E-state index contributed by atoms with van der Waals surface area (Å²) in [6.07, 6.45) is 1.84. The van der Waals surface area contributed by atoms with Crippen LogP contribution in [0.1, 0.15) is 19.8 Å². The Labute approximate surface area is 161 Å². The van der Waals surface area contributed by atoms with E-state index in [2.05, 4.69) is 15.5 Å². The average molecular weight is 402 g/mol. The summed E-state index contributed by atoms with van der Waals surface area (Å²) in [6, 6.07) is -2.09. The molecule has 0 aromatic carbocycles. The number of carboxylic acid groups (broad SMARTS) is 2. The van der Waals surface area contributed by atoms with Crippen LogP contribution in [0.25, 0.3) is 0 Å². The molecule has 0 radical (unpaired) electrons. The fraction of sp³-hybridized carbons (Fsp3) is 0.625. The van der Waals surface area contributed by atoms with Crippen LogP contribution < -0.4 is 16.4 Å². The first-order valence-electron chi connectivity index (χ1n) is 8.54. The molecule has 0 aliphatic carbocycles. The number of nitrogens with one attached hydrogen (secondary N) is 2. The number of nitrogens with two attached hydrogens (primary N) is 1. The van der Waals surface area contributed by atoms with E-state index in [4.69, 9.17) is 15.9 Å². The first-order valence-corrected chi connectivity index (χ1v) is 9.52. The van der Waals surface area contributed by atoms with Gasteiger partial charge in [0.25, 0.3) is 0 Å². The van der Waals surface area contributed by atoms with E-state index in [0.29, 0.717) is 0 Å². The van der Waals surface area contributed by atoms with Crippen molar-refractivity contribution in [3.63, 3.8) is 0 Å². The van der Waals surface area contributed by atoms with Crippen molar-refractivity contribution in [2.75, 3.05) is 31.9 Å². The third kappa shape index (κ3) is 8.89. The first-order chi connectivity index (χ1) is 12.7. The number of carboxylic acids is 2. The molecular formula is C16H26N4O6S. The van der Waals surface area contributed by atoms with Gasteiger partial charge >= 0.3 is 11.9 Å². The smallest absolute Gasteiger partial charge is 0.322 e. The average Bonchev–Trinajstić information content (AvgIpc) is 3.08. The Morgan fingerprint density at radius 1 is 1.33 bits per heavy atom. The van der Waals surface area contributed by atoms with Crippen LogP contribution in [0.4, 0.5) is 0 Å². The SMILES string of the molecule is CCN1CC=C(SC[C@H](NC(=O)CC[C@H](N)C(=O)O)C(=O)NCC(=O)O)C1. The van der Waals surface area contributed by atoms with Crippen molar-refractivity contribution in [2.45, 2.75) is 31.8 Å². The van der Waals surface area contributed by atoms with Crippen molar-refractivity contribution < 1.29 is 29.4 Å². The molecule has 1 aliphatic rings. The Bertz CT molecular complexity index is 597. The summed E-state index contributed by atoms with van der Waals surface area (Å²) in [5, 5.41) is 22.2. The van der Waals surface area contributed by atoms with Crippen LogP contribution in [0.5, 0.6) is 0 Å². The maximum absolute atomic E-state index is 12.2. The van der Waals surface area contributed by atoms with Crippen molar-refractivity contribution in [2.24, 2.45) is 5.73 Å². The highest BCUT2D eigenvalue weighted by molar-refractivity contribution is 8.03. The van der Waals surface area contributed by atoms with Crippen LogP contribution in [0.3, 0.4) is 0 Å². The zero-order valence-electron chi connectivity index (χ0n) is 15.1. The summed E-state index contributed by atoms with van der Waals surface area (Å²) in [5.41, 5.74) is 5.36. The molecule has 2 amide bonds. The lowest BCUT2D eigenvalue weighted by molar-refractivity contribution is -0.139. The number of amides is 2. The van der Waals surface area contributed by atoms with Gasteiger partial charge in [0.05, 0.1) is 0 Å². The lowest BCUT2D eigenvalue weighted by atomic mass is 10.1. The Balaban J connectivity index is 2.58. The molecule has 0 fully saturated rings. The predicted molar refractivity (Wildman–Crippen MR) is 100 cm³/mol. The van der Waals surface area contributed by atoms with Gasteiger partial charge in [0.1, 0.15) is 18.6 Å². The van der Waals surface area contributed by atoms with Crippen LogP contribution in [0.2, 0.25) is 0 Å². The van der Waals surface area contributed by atoms with Crippen LogP contribution >= 0.6 is 11.8 Å². The van der Waals surface area contributed by atoms with Gasteiger partial charge in [0.2, 0.25) is 11.8 Å². The summed E-state index contributed by atoms with van der Waals surface area (Å²) in [5.74, 6) is -3.27. The quantitative estimate of drug-likeness (QED) is 0.270. The fourth-order valence-electron chi connectivity index (χ4n) is 2.26. The van der Waals surface area contributed by atoms with E-state index in [1.54, 1.807) is 0 Å². The molecule has 0 aromatic rings. The molecule has 27 heavy (non-hydrogen) atoms. The van der Waals surface area contributed by atoms with Gasteiger partial charge in [-0.2, -0.15) is 0 Å². The number of nitrogens with zero attached hydrogens (tertiary/aromatic N) is 1. The molecule has 0 aromatic heterocycles. The Morgan fingerprint density at radius 2 is 2.04 bits per heavy atom. The van der Waals surface area contributed by atoms with Crippen molar-refractivity contribution >= 4 is 35.5 Å². The lowest BCUT2D eigenvalue weighted by Gasteiger charge is -2.19. The Morgan fingerprint density at radius 3 is 2.59 bits per heavy atom. The van der Waals surface area contributed by atoms with Crippen molar-refractivity contribution in [3.05, 3.63) is 11.0 Å². The van der Waals surface area contributed by atoms with Crippen LogP contribution in [-0.2, 0) is 19.2 Å². The largest absolute Gasteiger partial charge is 0.480 e. The minimum Gasteiger partial charge on any atom is -0.480 e. The number of hydrogen-bond acceptors (Lipinski definition) is 7. The van der Waals surface area contributed by atoms with Gasteiger partial charge in [0, 0.05) is 25.3 Å². The predicted octanol–water partition coefficient (Wildman–Crippen LogP) is -1.18. The Kier molecular flexibility index (Phi) is 9.83. The monoisotopic (exact) mass is 402 g/mol. The van der Waals surface area contributed by atoms with E-state index < -0.39 is 42.4 Å². The number of aliphatic carboxylic acids is 2. The minimum absolute atomic E-state index is 0.0611. The first kappa shape index (κ1) is 22.9. The third-order valence-corrected chi connectivity index (χ3v) is 5.07. The molecule has 11 heteroatoms. The molecule has 10 nitrogen and oxygen atoms in total. The number of thioether (sulfide) groups is 1. The van der Waals surface area contributed by atoms with Gasteiger partial charge in [-0.3, -0.25) is 24.1 Å². The summed E-state index contributed by atoms with van der Waals surface area (Å²) >= 11 is 1.42. The number of hydrogen-bond donors (Lipinski definition) is 5. The van der Waals surface area contributed by atoms with Crippen LogP contribution in [0, 0.1) is 0 Å². The molecule has 2 atom stereocenters. The number of rotatable bonds is 12. The molecule has 0 unspecified atom stereocenters. The van der Waals surface area contributed by atoms with Crippen LogP contribution in [0.15, 0.2) is 11.0 Å². The molecule has 0 saturated carbocycles. The van der Waals surface area contributed by atoms with E-state index in [1.165, 1.54) is 11.8 Å². The van der Waals surface area contributed by atoms with Gasteiger partial charge in [-0.05, 0) is 17.9 Å². The lowest BCUT2D eigenvalue weighted by Crippen LogP contribution is -2.49. The zero-order valence-corrected chi connectivity index (χ0v) is 16.0. The number of likely N-dealkylation sites (N-methyl/N-ethyl adjacent to an activating group) is 1. The second-order valence-corrected chi connectivity index (χ2v) is 7.17. The zero-order chi connectivity index (χ0) is 20.4. The maximum atomic E-state index is 12.2. The topological polar surface area (TPSA) is 162 Å². The van der Waals surface area contributed by atoms with E-state index in [9.17, 15) is 19.2 Å². The van der Waals surface area contributed by atoms with E-state index >= 15 is 0 Å². The van der Waals surface area contributed by atoms with E-state index in [-0.39, 0.29) is 18.6 Å². The molecule has 0 saturated heterocycles. The second kappa shape index (κ2) is 11.6. The summed E-state index contributed by atoms with van der Waals surface area (Å²) in [4.78, 5) is 48.9. The van der Waals surface area contributed by atoms with Crippen molar-refractivity contribution in [3.8, 4) is 0 Å². The highest BCUT2D eigenvalue weighted by Gasteiger charge is 2.24. The number of carbonyl (C=O) groups excluding carboxylic acids is 2. The third-order valence-electron chi connectivity index (χ3n) is 3.90. The highest BCUT2D eigenvalue weighted by atomic mass is 32.2. The number of carbonyl (C=O) groups is 4. The molecule has 1 heterocycles. The van der Waals surface area contributed by atoms with Gasteiger partial charge in [-0.1, -0.05) is 13.0 Å². The molecule has 1 rings (SSSR count). The van der Waals surface area contributed by atoms with Crippen molar-refractivity contribution in [1.82, 2.24) is 15.5 Å². The highest BCUT2D eigenvalue weighted by Crippen LogP contribution is 2.22. The van der Waals surface area contributed by atoms with Gasteiger partial charge in [-0.15, -0.1) is 11.8 Å². The minimum atomic E-state index is -1.21. The second-order valence-electron chi connectivity index (χ2n) is 6.02. The molecule has 1 aliphatic heterocycles. The summed E-state index contributed by atoms with van der Waals surface area (Å²) in [6.45, 7) is 4.00. The molecule has 0 bridgehead atoms. The van der Waals surface area contributed by atoms with Crippen LogP contribution in [-0.4, -0.2) is 82.9 Å². The molecule has 0 spiro atoms. The van der Waals surface area contributed by atoms with E-state index in [0.717, 1.165) is 24.5 Å². The Hall–Kier alpha value is -2.11. The standard InChI is InChI=1S/C16H26N4O6S/c1-2-20-6-5-10(8-20)27-9-12(15(24)18-7-14(22)23)19-13(21)4-3-11(17)16(25)26/h5,11-12H,2-4,6-9,17H2,1H3,(H,18,24)(H,19,21)(H,22,23)(H,25,26)/t11-,12-/m0/s1. The van der Waals surface area contributed by atoms with Gasteiger partial charge in [-0.25, -0.2) is 0 Å². The molecular weight excluding hydrogens is 376 g/mol. The van der Waals surface area contributed by atoms with E-state index in [1.807, 2.05) is 13.0 Å². The summed E-state index contributed by atoms with van der Waals surface area (Å²) < 4.78 is 0. The summed E-state index contributed by atoms with van der Waals surface area (Å²) in [7, 11) is 0. The van der Waals surface area contributed by atoms with Gasteiger partial charge < -0.3 is 26.6 Å². The van der Waals surface area contributed by atoms with Gasteiger partial charge in [0.15, 0.2) is 0 Å². The van der Waals surface area contributed by atoms with Crippen molar-refractivity contribution in [1.29, 1.82) is 0 Å².